The number of para-hydroxylation sites is 2. The lowest BCUT2D eigenvalue weighted by molar-refractivity contribution is -0.122. The number of nitrogens with one attached hydrogen (secondary N) is 3. The predicted octanol–water partition coefficient (Wildman–Crippen LogP) is 3.67. The molecule has 1 atom stereocenters. The minimum Gasteiger partial charge on any atom is -0.374 e. The smallest absolute Gasteiger partial charge is 0.221 e. The highest BCUT2D eigenvalue weighted by Crippen LogP contribution is 2.23. The topological polar surface area (TPSA) is 69.8 Å². The molecule has 5 nitrogen and oxygen atoms in total. The van der Waals surface area contributed by atoms with Crippen molar-refractivity contribution < 1.29 is 4.79 Å². The molecule has 0 aliphatic rings. The number of carbonyl (C=O) groups is 1. The fraction of sp³-hybridized carbons (Fsp3) is 0.526. The van der Waals surface area contributed by atoms with E-state index in [1.165, 1.54) is 0 Å². The van der Waals surface area contributed by atoms with E-state index in [-0.39, 0.29) is 29.3 Å². The fourth-order valence-electron chi connectivity index (χ4n) is 2.56. The van der Waals surface area contributed by atoms with Crippen molar-refractivity contribution in [2.45, 2.75) is 65.0 Å². The van der Waals surface area contributed by atoms with Crippen molar-refractivity contribution in [2.75, 3.05) is 0 Å². The number of hydrogen-bond acceptors (Lipinski definition) is 3. The molecule has 25 heavy (non-hydrogen) atoms. The first kappa shape index (κ1) is 19.4. The summed E-state index contributed by atoms with van der Waals surface area (Å²) >= 11 is 5.62. The van der Waals surface area contributed by atoms with Crippen molar-refractivity contribution >= 4 is 34.1 Å². The molecule has 0 bridgehead atoms. The number of nitrogens with zero attached hydrogens (tertiary/aromatic N) is 1. The molecule has 0 aliphatic heterocycles. The largest absolute Gasteiger partial charge is 0.374 e. The molecule has 136 valence electrons. The molecule has 0 radical (unpaired) electrons. The van der Waals surface area contributed by atoms with E-state index in [1.54, 1.807) is 0 Å². The maximum Gasteiger partial charge on any atom is 0.221 e. The zero-order valence-corrected chi connectivity index (χ0v) is 16.7. The van der Waals surface area contributed by atoms with Crippen LogP contribution < -0.4 is 10.6 Å². The van der Waals surface area contributed by atoms with Crippen LogP contribution in [0.25, 0.3) is 11.0 Å². The van der Waals surface area contributed by atoms with Crippen molar-refractivity contribution in [1.82, 2.24) is 20.6 Å². The van der Waals surface area contributed by atoms with Gasteiger partial charge in [-0.3, -0.25) is 4.79 Å². The van der Waals surface area contributed by atoms with E-state index in [1.807, 2.05) is 65.8 Å². The summed E-state index contributed by atoms with van der Waals surface area (Å²) in [6, 6.07) is 7.82. The van der Waals surface area contributed by atoms with Gasteiger partial charge in [-0.1, -0.05) is 24.4 Å². The molecule has 2 aromatic rings. The number of aromatic nitrogens is 2. The molecule has 0 saturated carbocycles. The zero-order chi connectivity index (χ0) is 18.8. The molecule has 0 fully saturated rings. The van der Waals surface area contributed by atoms with Gasteiger partial charge in [0.1, 0.15) is 5.82 Å². The number of benzene rings is 1. The van der Waals surface area contributed by atoms with Gasteiger partial charge >= 0.3 is 0 Å². The van der Waals surface area contributed by atoms with E-state index < -0.39 is 0 Å². The molecule has 3 N–H and O–H groups in total. The van der Waals surface area contributed by atoms with Crippen molar-refractivity contribution in [1.29, 1.82) is 0 Å². The predicted molar refractivity (Wildman–Crippen MR) is 107 cm³/mol. The molecule has 1 aromatic carbocycles. The van der Waals surface area contributed by atoms with Crippen LogP contribution in [0, 0.1) is 0 Å². The van der Waals surface area contributed by atoms with Gasteiger partial charge in [0.2, 0.25) is 5.91 Å². The first-order valence-electron chi connectivity index (χ1n) is 8.52. The highest BCUT2D eigenvalue weighted by atomic mass is 32.1. The molecule has 1 heterocycles. The Morgan fingerprint density at radius 1 is 1.12 bits per heavy atom. The van der Waals surface area contributed by atoms with Gasteiger partial charge in [0.25, 0.3) is 0 Å². The number of carbonyl (C=O) groups excluding carboxylic acids is 1. The second-order valence-electron chi connectivity index (χ2n) is 8.43. The van der Waals surface area contributed by atoms with Crippen LogP contribution >= 0.6 is 12.2 Å². The third-order valence-electron chi connectivity index (χ3n) is 3.46. The number of H-pyrrole nitrogens is 1. The molecule has 0 spiro atoms. The first-order valence-corrected chi connectivity index (χ1v) is 8.93. The third kappa shape index (κ3) is 5.81. The lowest BCUT2D eigenvalue weighted by Crippen LogP contribution is -2.45. The van der Waals surface area contributed by atoms with Gasteiger partial charge in [-0.2, -0.15) is 0 Å². The SMILES string of the molecule is CC(C)(C)NC(=O)CC(C(=S)NC(C)(C)C)c1nc2ccccc2[nH]1. The van der Waals surface area contributed by atoms with Crippen LogP contribution in [0.3, 0.4) is 0 Å². The Balaban J connectivity index is 2.31. The highest BCUT2D eigenvalue weighted by molar-refractivity contribution is 7.80. The molecular formula is C19H28N4OS. The average molecular weight is 361 g/mol. The standard InChI is InChI=1S/C19H28N4OS/c1-18(2,3)22-15(24)11-12(17(25)23-19(4,5)6)16-20-13-9-7-8-10-14(13)21-16/h7-10,12H,11H2,1-6H3,(H,20,21)(H,22,24)(H,23,25). The van der Waals surface area contributed by atoms with E-state index in [0.717, 1.165) is 11.0 Å². The average Bonchev–Trinajstić information content (AvgIpc) is 2.84. The van der Waals surface area contributed by atoms with E-state index in [0.29, 0.717) is 10.8 Å². The summed E-state index contributed by atoms with van der Waals surface area (Å²) in [6.07, 6.45) is 0.249. The maximum absolute atomic E-state index is 12.5. The first-order chi connectivity index (χ1) is 11.4. The normalized spacial score (nSPS) is 13.5. The summed E-state index contributed by atoms with van der Waals surface area (Å²) in [4.78, 5) is 21.1. The monoisotopic (exact) mass is 360 g/mol. The molecule has 2 rings (SSSR count). The third-order valence-corrected chi connectivity index (χ3v) is 3.84. The number of aromatic amines is 1. The second-order valence-corrected chi connectivity index (χ2v) is 8.87. The minimum atomic E-state index is -0.302. The maximum atomic E-state index is 12.5. The molecule has 6 heteroatoms. The number of rotatable bonds is 4. The Morgan fingerprint density at radius 2 is 1.72 bits per heavy atom. The Hall–Kier alpha value is -1.95. The van der Waals surface area contributed by atoms with Crippen LogP contribution in [0.15, 0.2) is 24.3 Å². The number of thiocarbonyl (C=S) groups is 1. The number of imidazole rings is 1. The summed E-state index contributed by atoms with van der Waals surface area (Å²) in [6.45, 7) is 12.0. The van der Waals surface area contributed by atoms with Gasteiger partial charge in [-0.25, -0.2) is 4.98 Å². The van der Waals surface area contributed by atoms with Crippen molar-refractivity contribution in [2.24, 2.45) is 0 Å². The summed E-state index contributed by atoms with van der Waals surface area (Å²) in [5.41, 5.74) is 1.35. The van der Waals surface area contributed by atoms with Crippen LogP contribution in [0.4, 0.5) is 0 Å². The second kappa shape index (κ2) is 7.12. The Bertz CT molecular complexity index is 735. The van der Waals surface area contributed by atoms with Gasteiger partial charge in [-0.15, -0.1) is 0 Å². The fourth-order valence-corrected chi connectivity index (χ4v) is 3.06. The van der Waals surface area contributed by atoms with E-state index in [9.17, 15) is 4.79 Å². The number of amides is 1. The Kier molecular flexibility index (Phi) is 5.52. The lowest BCUT2D eigenvalue weighted by atomic mass is 10.00. The lowest BCUT2D eigenvalue weighted by Gasteiger charge is -2.27. The quantitative estimate of drug-likeness (QED) is 0.728. The van der Waals surface area contributed by atoms with Crippen molar-refractivity contribution in [3.63, 3.8) is 0 Å². The van der Waals surface area contributed by atoms with Crippen LogP contribution in [-0.4, -0.2) is 31.9 Å². The molecule has 1 unspecified atom stereocenters. The molecule has 0 aliphatic carbocycles. The van der Waals surface area contributed by atoms with Gasteiger partial charge < -0.3 is 15.6 Å². The van der Waals surface area contributed by atoms with Crippen molar-refractivity contribution in [3.8, 4) is 0 Å². The van der Waals surface area contributed by atoms with Crippen LogP contribution in [0.5, 0.6) is 0 Å². The van der Waals surface area contributed by atoms with Gasteiger partial charge in [-0.05, 0) is 53.7 Å². The van der Waals surface area contributed by atoms with E-state index in [4.69, 9.17) is 12.2 Å². The van der Waals surface area contributed by atoms with Crippen molar-refractivity contribution in [3.05, 3.63) is 30.1 Å². The molecule has 1 amide bonds. The van der Waals surface area contributed by atoms with Crippen LogP contribution in [0.2, 0.25) is 0 Å². The van der Waals surface area contributed by atoms with Crippen LogP contribution in [0.1, 0.15) is 59.7 Å². The molecular weight excluding hydrogens is 332 g/mol. The Morgan fingerprint density at radius 3 is 2.28 bits per heavy atom. The molecule has 0 saturated heterocycles. The Labute approximate surface area is 155 Å². The zero-order valence-electron chi connectivity index (χ0n) is 15.9. The van der Waals surface area contributed by atoms with Gasteiger partial charge in [0.15, 0.2) is 0 Å². The number of fused-ring (bicyclic) bond motifs is 1. The summed E-state index contributed by atoms with van der Waals surface area (Å²) < 4.78 is 0. The summed E-state index contributed by atoms with van der Waals surface area (Å²) in [7, 11) is 0. The van der Waals surface area contributed by atoms with E-state index >= 15 is 0 Å². The molecule has 1 aromatic heterocycles. The minimum absolute atomic E-state index is 0.0454. The summed E-state index contributed by atoms with van der Waals surface area (Å²) in [5.74, 6) is 0.368. The highest BCUT2D eigenvalue weighted by Gasteiger charge is 2.27. The van der Waals surface area contributed by atoms with Crippen LogP contribution in [-0.2, 0) is 4.79 Å². The van der Waals surface area contributed by atoms with E-state index in [2.05, 4.69) is 20.6 Å². The van der Waals surface area contributed by atoms with Gasteiger partial charge in [0.05, 0.1) is 21.9 Å². The number of hydrogen-bond donors (Lipinski definition) is 3. The summed E-state index contributed by atoms with van der Waals surface area (Å²) in [5, 5.41) is 6.32. The van der Waals surface area contributed by atoms with Gasteiger partial charge in [0, 0.05) is 17.5 Å².